The van der Waals surface area contributed by atoms with Crippen molar-refractivity contribution in [2.45, 2.75) is 44.4 Å². The zero-order valence-electron chi connectivity index (χ0n) is 24.9. The maximum absolute atomic E-state index is 13.1. The Balaban J connectivity index is 1.22. The third-order valence-corrected chi connectivity index (χ3v) is 8.49. The minimum absolute atomic E-state index is 0.0145. The standard InChI is InChI=1S/C32H33F3N8O2/c1-19-27(20-5-7-21(8-6-20)31(45)40-25-16-22(11-13-37-25)32(33,34)35)28-29(36)38-18-39-30(28)43(19)24-12-15-42(17-24)26(44)4-3-14-41(2)23-9-10-23/h3-8,11,13,16,18,23-24H,9-10,12,14-15,17H2,1-2H3,(H2,36,38,39)(H,37,40,45)/b4-3+/t24-/m1/s1. The Morgan fingerprint density at radius 3 is 2.58 bits per heavy atom. The van der Waals surface area contributed by atoms with E-state index in [0.717, 1.165) is 48.1 Å². The fraction of sp³-hybridized carbons (Fsp3) is 0.344. The van der Waals surface area contributed by atoms with E-state index in [2.05, 4.69) is 36.8 Å². The number of fused-ring (bicyclic) bond motifs is 1. The summed E-state index contributed by atoms with van der Waals surface area (Å²) >= 11 is 0. The molecule has 0 spiro atoms. The van der Waals surface area contributed by atoms with Crippen molar-refractivity contribution in [2.75, 3.05) is 37.7 Å². The predicted octanol–water partition coefficient (Wildman–Crippen LogP) is 5.08. The number of hydrogen-bond acceptors (Lipinski definition) is 7. The minimum Gasteiger partial charge on any atom is -0.383 e. The lowest BCUT2D eigenvalue weighted by Crippen LogP contribution is -2.28. The fourth-order valence-corrected chi connectivity index (χ4v) is 5.97. The molecular formula is C32H33F3N8O2. The van der Waals surface area contributed by atoms with E-state index in [-0.39, 0.29) is 23.3 Å². The van der Waals surface area contributed by atoms with Gasteiger partial charge in [0, 0.05) is 54.8 Å². The van der Waals surface area contributed by atoms with Gasteiger partial charge in [-0.05, 0) is 63.1 Å². The second-order valence-electron chi connectivity index (χ2n) is 11.5. The Hall–Kier alpha value is -4.78. The fourth-order valence-electron chi connectivity index (χ4n) is 5.97. The topological polar surface area (TPSA) is 122 Å². The summed E-state index contributed by atoms with van der Waals surface area (Å²) in [5.41, 5.74) is 8.83. The number of carbonyl (C=O) groups is 2. The highest BCUT2D eigenvalue weighted by Gasteiger charge is 2.32. The van der Waals surface area contributed by atoms with Crippen molar-refractivity contribution in [2.24, 2.45) is 0 Å². The van der Waals surface area contributed by atoms with Crippen LogP contribution in [-0.4, -0.2) is 73.9 Å². The highest BCUT2D eigenvalue weighted by molar-refractivity contribution is 6.05. The molecule has 0 radical (unpaired) electrons. The van der Waals surface area contributed by atoms with Crippen molar-refractivity contribution in [3.8, 4) is 11.1 Å². The highest BCUT2D eigenvalue weighted by Crippen LogP contribution is 2.40. The number of halogens is 3. The molecule has 0 bridgehead atoms. The Morgan fingerprint density at radius 2 is 1.87 bits per heavy atom. The number of aromatic nitrogens is 4. The summed E-state index contributed by atoms with van der Waals surface area (Å²) in [5, 5.41) is 3.10. The molecule has 2 fully saturated rings. The van der Waals surface area contributed by atoms with Gasteiger partial charge < -0.3 is 20.5 Å². The molecule has 1 aliphatic carbocycles. The number of alkyl halides is 3. The Labute approximate surface area is 257 Å². The number of amides is 2. The van der Waals surface area contributed by atoms with Crippen LogP contribution in [0.25, 0.3) is 22.2 Å². The number of nitrogens with zero attached hydrogens (tertiary/aromatic N) is 6. The maximum atomic E-state index is 13.1. The smallest absolute Gasteiger partial charge is 0.383 e. The van der Waals surface area contributed by atoms with E-state index >= 15 is 0 Å². The summed E-state index contributed by atoms with van der Waals surface area (Å²) in [6.07, 6.45) is 4.63. The lowest BCUT2D eigenvalue weighted by Gasteiger charge is -2.18. The molecule has 3 aromatic heterocycles. The molecule has 45 heavy (non-hydrogen) atoms. The molecule has 234 valence electrons. The molecule has 1 saturated carbocycles. The van der Waals surface area contributed by atoms with Crippen LogP contribution >= 0.6 is 0 Å². The SMILES string of the molecule is Cc1c(-c2ccc(C(=O)Nc3cc(C(F)(F)F)ccn3)cc2)c2c(N)ncnc2n1[C@@H]1CCN(C(=O)/C=C/CN(C)C2CC2)C1. The van der Waals surface area contributed by atoms with Gasteiger partial charge in [-0.15, -0.1) is 0 Å². The number of nitrogen functional groups attached to an aromatic ring is 1. The third-order valence-electron chi connectivity index (χ3n) is 8.49. The van der Waals surface area contributed by atoms with Crippen LogP contribution in [0.15, 0.2) is 61.1 Å². The first-order valence-electron chi connectivity index (χ1n) is 14.7. The number of nitrogens with two attached hydrogens (primary N) is 1. The van der Waals surface area contributed by atoms with Crippen molar-refractivity contribution in [1.82, 2.24) is 29.3 Å². The van der Waals surface area contributed by atoms with Crippen molar-refractivity contribution >= 4 is 34.5 Å². The van der Waals surface area contributed by atoms with E-state index in [1.54, 1.807) is 30.3 Å². The Bertz CT molecular complexity index is 1780. The molecule has 2 amide bonds. The zero-order valence-corrected chi connectivity index (χ0v) is 24.9. The lowest BCUT2D eigenvalue weighted by atomic mass is 10.0. The minimum atomic E-state index is -4.55. The van der Waals surface area contributed by atoms with Gasteiger partial charge in [0.15, 0.2) is 0 Å². The van der Waals surface area contributed by atoms with E-state index in [9.17, 15) is 22.8 Å². The van der Waals surface area contributed by atoms with Gasteiger partial charge in [0.25, 0.3) is 5.91 Å². The van der Waals surface area contributed by atoms with Crippen molar-refractivity contribution < 1.29 is 22.8 Å². The van der Waals surface area contributed by atoms with E-state index in [1.165, 1.54) is 19.2 Å². The van der Waals surface area contributed by atoms with Crippen LogP contribution in [0.5, 0.6) is 0 Å². The number of hydrogen-bond donors (Lipinski definition) is 2. The molecule has 2 aliphatic rings. The zero-order chi connectivity index (χ0) is 31.9. The Kier molecular flexibility index (Phi) is 8.04. The highest BCUT2D eigenvalue weighted by atomic mass is 19.4. The van der Waals surface area contributed by atoms with Crippen LogP contribution in [-0.2, 0) is 11.0 Å². The van der Waals surface area contributed by atoms with Crippen LogP contribution in [0, 0.1) is 6.92 Å². The number of anilines is 2. The predicted molar refractivity (Wildman–Crippen MR) is 164 cm³/mol. The molecule has 4 aromatic rings. The maximum Gasteiger partial charge on any atom is 0.416 e. The van der Waals surface area contributed by atoms with Crippen LogP contribution in [0.4, 0.5) is 24.8 Å². The molecule has 0 unspecified atom stereocenters. The molecule has 13 heteroatoms. The molecular weight excluding hydrogens is 585 g/mol. The normalized spacial score (nSPS) is 17.1. The number of likely N-dealkylation sites (tertiary alicyclic amines) is 1. The van der Waals surface area contributed by atoms with Gasteiger partial charge >= 0.3 is 6.18 Å². The number of benzene rings is 1. The lowest BCUT2D eigenvalue weighted by molar-refractivity contribution is -0.137. The van der Waals surface area contributed by atoms with Crippen LogP contribution in [0.2, 0.25) is 0 Å². The average Bonchev–Trinajstić information content (AvgIpc) is 3.68. The first kappa shape index (κ1) is 30.3. The van der Waals surface area contributed by atoms with Crippen LogP contribution < -0.4 is 11.1 Å². The molecule has 6 rings (SSSR count). The number of rotatable bonds is 8. The number of likely N-dealkylation sites (N-methyl/N-ethyl adjacent to an activating group) is 1. The van der Waals surface area contributed by atoms with Gasteiger partial charge in [0.05, 0.1) is 17.0 Å². The monoisotopic (exact) mass is 618 g/mol. The van der Waals surface area contributed by atoms with E-state index in [4.69, 9.17) is 5.73 Å². The van der Waals surface area contributed by atoms with Gasteiger partial charge in [-0.1, -0.05) is 18.2 Å². The summed E-state index contributed by atoms with van der Waals surface area (Å²) in [7, 11) is 2.07. The summed E-state index contributed by atoms with van der Waals surface area (Å²) in [6, 6.07) is 8.91. The average molecular weight is 619 g/mol. The van der Waals surface area contributed by atoms with Gasteiger partial charge in [-0.25, -0.2) is 15.0 Å². The Morgan fingerprint density at radius 1 is 1.11 bits per heavy atom. The first-order chi connectivity index (χ1) is 21.5. The van der Waals surface area contributed by atoms with Gasteiger partial charge in [-0.2, -0.15) is 13.2 Å². The van der Waals surface area contributed by atoms with E-state index < -0.39 is 17.6 Å². The molecule has 1 aliphatic heterocycles. The quantitative estimate of drug-likeness (QED) is 0.264. The number of nitrogens with one attached hydrogen (secondary N) is 1. The number of pyridine rings is 1. The molecule has 10 nitrogen and oxygen atoms in total. The summed E-state index contributed by atoms with van der Waals surface area (Å²) in [4.78, 5) is 42.5. The summed E-state index contributed by atoms with van der Waals surface area (Å²) in [5.74, 6) is -0.505. The van der Waals surface area contributed by atoms with Crippen LogP contribution in [0.1, 0.15) is 46.9 Å². The third kappa shape index (κ3) is 6.25. The summed E-state index contributed by atoms with van der Waals surface area (Å²) < 4.78 is 41.3. The van der Waals surface area contributed by atoms with Crippen molar-refractivity contribution in [3.05, 3.63) is 77.9 Å². The largest absolute Gasteiger partial charge is 0.416 e. The first-order valence-corrected chi connectivity index (χ1v) is 14.7. The van der Waals surface area contributed by atoms with Crippen molar-refractivity contribution in [3.63, 3.8) is 0 Å². The molecule has 1 atom stereocenters. The van der Waals surface area contributed by atoms with Gasteiger partial charge in [-0.3, -0.25) is 14.5 Å². The molecule has 1 aromatic carbocycles. The van der Waals surface area contributed by atoms with Crippen molar-refractivity contribution in [1.29, 1.82) is 0 Å². The molecule has 4 heterocycles. The van der Waals surface area contributed by atoms with Crippen LogP contribution in [0.3, 0.4) is 0 Å². The van der Waals surface area contributed by atoms with Gasteiger partial charge in [0.2, 0.25) is 5.91 Å². The number of carbonyl (C=O) groups excluding carboxylic acids is 2. The van der Waals surface area contributed by atoms with E-state index in [1.807, 2.05) is 17.9 Å². The van der Waals surface area contributed by atoms with E-state index in [0.29, 0.717) is 36.0 Å². The summed E-state index contributed by atoms with van der Waals surface area (Å²) in [6.45, 7) is 3.86. The van der Waals surface area contributed by atoms with Gasteiger partial charge in [0.1, 0.15) is 23.6 Å². The second kappa shape index (κ2) is 12.0. The molecule has 3 N–H and O–H groups in total. The molecule has 1 saturated heterocycles. The second-order valence-corrected chi connectivity index (χ2v) is 11.5.